The van der Waals surface area contributed by atoms with Crippen molar-refractivity contribution < 1.29 is 19.4 Å². The number of rotatable bonds is 13. The Bertz CT molecular complexity index is 357. The molecule has 24 heavy (non-hydrogen) atoms. The molecule has 0 radical (unpaired) electrons. The maximum atomic E-state index is 11.9. The monoisotopic (exact) mass is 342 g/mol. The average molecular weight is 342 g/mol. The minimum Gasteiger partial charge on any atom is -0.481 e. The summed E-state index contributed by atoms with van der Waals surface area (Å²) in [5.74, 6) is -0.843. The first-order chi connectivity index (χ1) is 11.6. The highest BCUT2D eigenvalue weighted by molar-refractivity contribution is 5.68. The van der Waals surface area contributed by atoms with Crippen LogP contribution in [0.3, 0.4) is 0 Å². The molecule has 1 aliphatic rings. The van der Waals surface area contributed by atoms with Gasteiger partial charge in [-0.25, -0.2) is 4.79 Å². The Morgan fingerprint density at radius 3 is 2.50 bits per heavy atom. The molecule has 0 aromatic heterocycles. The van der Waals surface area contributed by atoms with Crippen LogP contribution in [-0.2, 0) is 9.53 Å². The number of hydrogen-bond donors (Lipinski definition) is 2. The molecular formula is C18H34N2O4. The van der Waals surface area contributed by atoms with E-state index in [9.17, 15) is 9.59 Å². The summed E-state index contributed by atoms with van der Waals surface area (Å²) < 4.78 is 5.44. The Balaban J connectivity index is 2.21. The fourth-order valence-corrected chi connectivity index (χ4v) is 3.04. The molecule has 1 atom stereocenters. The number of hydrogen-bond acceptors (Lipinski definition) is 4. The summed E-state index contributed by atoms with van der Waals surface area (Å²) in [6.07, 6.45) is 8.62. The van der Waals surface area contributed by atoms with Crippen molar-refractivity contribution in [2.24, 2.45) is 0 Å². The zero-order valence-electron chi connectivity index (χ0n) is 15.1. The van der Waals surface area contributed by atoms with E-state index in [1.54, 1.807) is 0 Å². The Kier molecular flexibility index (Phi) is 11.3. The largest absolute Gasteiger partial charge is 0.481 e. The fraction of sp³-hybridized carbons (Fsp3) is 0.889. The van der Waals surface area contributed by atoms with Gasteiger partial charge in [0.1, 0.15) is 6.10 Å². The maximum absolute atomic E-state index is 11.9. The molecule has 1 amide bonds. The molecule has 1 unspecified atom stereocenters. The van der Waals surface area contributed by atoms with Gasteiger partial charge in [-0.15, -0.1) is 0 Å². The third-order valence-electron chi connectivity index (χ3n) is 4.48. The number of amides is 1. The van der Waals surface area contributed by atoms with Crippen molar-refractivity contribution in [3.05, 3.63) is 0 Å². The summed E-state index contributed by atoms with van der Waals surface area (Å²) in [5.41, 5.74) is 0. The molecule has 1 fully saturated rings. The molecule has 6 nitrogen and oxygen atoms in total. The van der Waals surface area contributed by atoms with Gasteiger partial charge in [-0.05, 0) is 45.2 Å². The highest BCUT2D eigenvalue weighted by atomic mass is 16.6. The number of carbonyl (C=O) groups excluding carboxylic acids is 1. The average Bonchev–Trinajstić information content (AvgIpc) is 3.05. The van der Waals surface area contributed by atoms with E-state index >= 15 is 0 Å². The van der Waals surface area contributed by atoms with Crippen molar-refractivity contribution in [3.63, 3.8) is 0 Å². The molecule has 140 valence electrons. The van der Waals surface area contributed by atoms with Gasteiger partial charge in [-0.2, -0.15) is 0 Å². The van der Waals surface area contributed by atoms with Gasteiger partial charge in [0.05, 0.1) is 0 Å². The van der Waals surface area contributed by atoms with Crippen LogP contribution in [0, 0.1) is 0 Å². The van der Waals surface area contributed by atoms with Crippen molar-refractivity contribution in [2.75, 3.05) is 26.2 Å². The first-order valence-electron chi connectivity index (χ1n) is 9.50. The number of likely N-dealkylation sites (tertiary alicyclic amines) is 1. The van der Waals surface area contributed by atoms with Crippen molar-refractivity contribution in [1.29, 1.82) is 0 Å². The van der Waals surface area contributed by atoms with E-state index < -0.39 is 12.1 Å². The molecule has 0 aliphatic carbocycles. The molecule has 0 saturated carbocycles. The number of ether oxygens (including phenoxy) is 1. The lowest BCUT2D eigenvalue weighted by Gasteiger charge is -2.19. The van der Waals surface area contributed by atoms with Crippen LogP contribution >= 0.6 is 0 Å². The van der Waals surface area contributed by atoms with Gasteiger partial charge in [0.2, 0.25) is 0 Å². The lowest BCUT2D eigenvalue weighted by atomic mass is 10.0. The van der Waals surface area contributed by atoms with Gasteiger partial charge in [0, 0.05) is 19.5 Å². The Labute approximate surface area is 145 Å². The topological polar surface area (TPSA) is 78.9 Å². The summed E-state index contributed by atoms with van der Waals surface area (Å²) in [4.78, 5) is 25.0. The normalized spacial score (nSPS) is 16.0. The minimum atomic E-state index is -0.843. The summed E-state index contributed by atoms with van der Waals surface area (Å²) in [6.45, 7) is 5.82. The van der Waals surface area contributed by atoms with Gasteiger partial charge < -0.3 is 20.1 Å². The zero-order chi connectivity index (χ0) is 17.6. The van der Waals surface area contributed by atoms with E-state index in [1.807, 2.05) is 0 Å². The van der Waals surface area contributed by atoms with Crippen LogP contribution < -0.4 is 5.32 Å². The van der Waals surface area contributed by atoms with Gasteiger partial charge in [-0.1, -0.05) is 32.6 Å². The van der Waals surface area contributed by atoms with E-state index in [0.717, 1.165) is 38.9 Å². The molecule has 1 rings (SSSR count). The predicted octanol–water partition coefficient (Wildman–Crippen LogP) is 3.40. The van der Waals surface area contributed by atoms with Crippen molar-refractivity contribution in [1.82, 2.24) is 10.2 Å². The van der Waals surface area contributed by atoms with Crippen LogP contribution in [0.4, 0.5) is 4.79 Å². The van der Waals surface area contributed by atoms with Crippen LogP contribution in [0.5, 0.6) is 0 Å². The van der Waals surface area contributed by atoms with E-state index in [4.69, 9.17) is 9.84 Å². The van der Waals surface area contributed by atoms with Gasteiger partial charge >= 0.3 is 12.1 Å². The van der Waals surface area contributed by atoms with E-state index in [-0.39, 0.29) is 12.5 Å². The summed E-state index contributed by atoms with van der Waals surface area (Å²) in [6, 6.07) is 0. The second-order valence-corrected chi connectivity index (χ2v) is 6.64. The Morgan fingerprint density at radius 2 is 1.83 bits per heavy atom. The molecule has 1 saturated heterocycles. The highest BCUT2D eigenvalue weighted by Gasteiger charge is 2.16. The van der Waals surface area contributed by atoms with Gasteiger partial charge in [0.15, 0.2) is 0 Å². The van der Waals surface area contributed by atoms with Gasteiger partial charge in [0.25, 0.3) is 0 Å². The third-order valence-corrected chi connectivity index (χ3v) is 4.48. The number of nitrogens with one attached hydrogen (secondary N) is 1. The molecule has 1 aliphatic heterocycles. The zero-order valence-corrected chi connectivity index (χ0v) is 15.1. The van der Waals surface area contributed by atoms with Crippen LogP contribution in [0.15, 0.2) is 0 Å². The molecular weight excluding hydrogens is 308 g/mol. The quantitative estimate of drug-likeness (QED) is 0.502. The summed E-state index contributed by atoms with van der Waals surface area (Å²) in [5, 5.41) is 11.6. The van der Waals surface area contributed by atoms with Crippen LogP contribution in [-0.4, -0.2) is 54.4 Å². The number of aliphatic carboxylic acids is 1. The number of carboxylic acid groups (broad SMARTS) is 1. The number of carbonyl (C=O) groups is 2. The molecule has 0 bridgehead atoms. The lowest BCUT2D eigenvalue weighted by molar-refractivity contribution is -0.137. The standard InChI is InChI=1S/C18H34N2O4/c1-2-3-4-5-6-9-16(10-11-17(21)22)24-18(23)19-12-15-20-13-7-8-14-20/h16H,2-15H2,1H3,(H,19,23)(H,21,22). The highest BCUT2D eigenvalue weighted by Crippen LogP contribution is 2.14. The molecule has 0 spiro atoms. The van der Waals surface area contributed by atoms with Crippen LogP contribution in [0.1, 0.15) is 71.1 Å². The van der Waals surface area contributed by atoms with Crippen molar-refractivity contribution >= 4 is 12.1 Å². The third kappa shape index (κ3) is 10.5. The van der Waals surface area contributed by atoms with Crippen LogP contribution in [0.2, 0.25) is 0 Å². The number of unbranched alkanes of at least 4 members (excludes halogenated alkanes) is 4. The first kappa shape index (κ1) is 20.7. The van der Waals surface area contributed by atoms with Crippen molar-refractivity contribution in [3.8, 4) is 0 Å². The molecule has 0 aromatic rings. The summed E-state index contributed by atoms with van der Waals surface area (Å²) in [7, 11) is 0. The Hall–Kier alpha value is -1.30. The fourth-order valence-electron chi connectivity index (χ4n) is 3.04. The lowest BCUT2D eigenvalue weighted by Crippen LogP contribution is -2.35. The first-order valence-corrected chi connectivity index (χ1v) is 9.50. The Morgan fingerprint density at radius 1 is 1.12 bits per heavy atom. The number of carboxylic acids is 1. The number of nitrogens with zero attached hydrogens (tertiary/aromatic N) is 1. The smallest absolute Gasteiger partial charge is 0.407 e. The molecule has 0 aromatic carbocycles. The SMILES string of the molecule is CCCCCCCC(CCC(=O)O)OC(=O)NCCN1CCCC1. The molecule has 6 heteroatoms. The maximum Gasteiger partial charge on any atom is 0.407 e. The second kappa shape index (κ2) is 13.0. The van der Waals surface area contributed by atoms with E-state index in [0.29, 0.717) is 13.0 Å². The van der Waals surface area contributed by atoms with Crippen molar-refractivity contribution in [2.45, 2.75) is 77.2 Å². The summed E-state index contributed by atoms with van der Waals surface area (Å²) >= 11 is 0. The minimum absolute atomic E-state index is 0.0423. The predicted molar refractivity (Wildman–Crippen MR) is 94.2 cm³/mol. The molecule has 2 N–H and O–H groups in total. The van der Waals surface area contributed by atoms with E-state index in [1.165, 1.54) is 32.1 Å². The van der Waals surface area contributed by atoms with Crippen LogP contribution in [0.25, 0.3) is 0 Å². The second-order valence-electron chi connectivity index (χ2n) is 6.64. The van der Waals surface area contributed by atoms with Gasteiger partial charge in [-0.3, -0.25) is 4.79 Å². The van der Waals surface area contributed by atoms with E-state index in [2.05, 4.69) is 17.1 Å². The number of alkyl carbamates (subject to hydrolysis) is 1. The molecule has 1 heterocycles.